The molecule has 0 bridgehead atoms. The third-order valence-electron chi connectivity index (χ3n) is 3.59. The molecule has 0 aromatic heterocycles. The van der Waals surface area contributed by atoms with Crippen molar-refractivity contribution in [1.29, 1.82) is 0 Å². The normalized spacial score (nSPS) is 21.2. The summed E-state index contributed by atoms with van der Waals surface area (Å²) in [5.74, 6) is -0.0958. The van der Waals surface area contributed by atoms with Crippen molar-refractivity contribution >= 4 is 23.0 Å². The number of rotatable bonds is 1. The number of amidine groups is 1. The molecule has 0 radical (unpaired) electrons. The number of aliphatic imine (C=N–C) groups is 1. The van der Waals surface area contributed by atoms with Crippen molar-refractivity contribution in [3.8, 4) is 0 Å². The molecule has 100 valence electrons. The molecule has 1 saturated carbocycles. The summed E-state index contributed by atoms with van der Waals surface area (Å²) in [7, 11) is 0. The zero-order valence-corrected chi connectivity index (χ0v) is 11.5. The van der Waals surface area contributed by atoms with Gasteiger partial charge in [0.15, 0.2) is 5.17 Å². The van der Waals surface area contributed by atoms with E-state index in [0.717, 1.165) is 12.8 Å². The van der Waals surface area contributed by atoms with Gasteiger partial charge < -0.3 is 5.32 Å². The van der Waals surface area contributed by atoms with Gasteiger partial charge in [0, 0.05) is 5.56 Å². The minimum absolute atomic E-state index is 0.0958. The lowest BCUT2D eigenvalue weighted by molar-refractivity contribution is 0.0978. The standard InChI is InChI=1S/C14H17N3OS/c18-12(11-7-3-1-4-8-11)15-13-16-14(17-19-13)9-5-2-6-10-14/h1,3-4,7-8,17H,2,5-6,9-10H2,(H,15,16,18). The second-order valence-electron chi connectivity index (χ2n) is 5.03. The van der Waals surface area contributed by atoms with Gasteiger partial charge in [0.25, 0.3) is 5.91 Å². The Morgan fingerprint density at radius 3 is 2.68 bits per heavy atom. The average molecular weight is 275 g/mol. The van der Waals surface area contributed by atoms with E-state index in [4.69, 9.17) is 0 Å². The first-order valence-corrected chi connectivity index (χ1v) is 7.49. The monoisotopic (exact) mass is 275 g/mol. The molecule has 1 aliphatic carbocycles. The Morgan fingerprint density at radius 2 is 1.95 bits per heavy atom. The molecule has 1 aliphatic heterocycles. The molecule has 0 saturated heterocycles. The van der Waals surface area contributed by atoms with Crippen LogP contribution in [0.4, 0.5) is 0 Å². The van der Waals surface area contributed by atoms with Gasteiger partial charge in [-0.2, -0.15) is 0 Å². The summed E-state index contributed by atoms with van der Waals surface area (Å²) in [5, 5.41) is 3.57. The number of carbonyl (C=O) groups excluding carboxylic acids is 1. The topological polar surface area (TPSA) is 53.5 Å². The van der Waals surface area contributed by atoms with Gasteiger partial charge in [0.1, 0.15) is 5.66 Å². The maximum absolute atomic E-state index is 12.0. The fourth-order valence-electron chi connectivity index (χ4n) is 2.55. The van der Waals surface area contributed by atoms with Crippen LogP contribution in [0, 0.1) is 0 Å². The summed E-state index contributed by atoms with van der Waals surface area (Å²) in [6.45, 7) is 0. The molecule has 4 nitrogen and oxygen atoms in total. The minimum Gasteiger partial charge on any atom is -0.300 e. The fraction of sp³-hybridized carbons (Fsp3) is 0.429. The Labute approximate surface area is 117 Å². The van der Waals surface area contributed by atoms with Gasteiger partial charge in [-0.1, -0.05) is 24.6 Å². The zero-order chi connectivity index (χ0) is 13.1. The molecular formula is C14H17N3OS. The van der Waals surface area contributed by atoms with Gasteiger partial charge in [-0.05, 0) is 49.8 Å². The number of nitrogens with one attached hydrogen (secondary N) is 2. The molecule has 0 atom stereocenters. The largest absolute Gasteiger partial charge is 0.300 e. The number of benzene rings is 1. The van der Waals surface area contributed by atoms with E-state index in [1.54, 1.807) is 12.1 Å². The SMILES string of the molecule is O=C(NC1=NC2(CCCCC2)NS1)c1ccccc1. The maximum atomic E-state index is 12.0. The van der Waals surface area contributed by atoms with Crippen LogP contribution in [-0.4, -0.2) is 16.7 Å². The molecule has 0 unspecified atom stereocenters. The molecule has 3 rings (SSSR count). The molecule has 2 aliphatic rings. The van der Waals surface area contributed by atoms with Crippen molar-refractivity contribution in [2.75, 3.05) is 0 Å². The number of hydrogen-bond donors (Lipinski definition) is 2. The number of amides is 1. The lowest BCUT2D eigenvalue weighted by atomic mass is 9.90. The van der Waals surface area contributed by atoms with Gasteiger partial charge in [0.2, 0.25) is 0 Å². The van der Waals surface area contributed by atoms with Crippen LogP contribution in [0.5, 0.6) is 0 Å². The smallest absolute Gasteiger partial charge is 0.257 e. The zero-order valence-electron chi connectivity index (χ0n) is 10.7. The summed E-state index contributed by atoms with van der Waals surface area (Å²) in [6.07, 6.45) is 5.82. The highest BCUT2D eigenvalue weighted by atomic mass is 32.2. The summed E-state index contributed by atoms with van der Waals surface area (Å²) in [6, 6.07) is 9.23. The molecule has 5 heteroatoms. The van der Waals surface area contributed by atoms with E-state index in [0.29, 0.717) is 10.7 Å². The summed E-state index contributed by atoms with van der Waals surface area (Å²) >= 11 is 1.44. The summed E-state index contributed by atoms with van der Waals surface area (Å²) in [5.41, 5.74) is 0.526. The third-order valence-corrected chi connectivity index (χ3v) is 4.46. The van der Waals surface area contributed by atoms with Gasteiger partial charge in [-0.25, -0.2) is 9.71 Å². The summed E-state index contributed by atoms with van der Waals surface area (Å²) in [4.78, 5) is 16.7. The first-order chi connectivity index (χ1) is 9.27. The molecule has 1 aromatic carbocycles. The van der Waals surface area contributed by atoms with Gasteiger partial charge >= 0.3 is 0 Å². The van der Waals surface area contributed by atoms with Crippen LogP contribution < -0.4 is 10.0 Å². The second kappa shape index (κ2) is 5.35. The molecular weight excluding hydrogens is 258 g/mol. The lowest BCUT2D eigenvalue weighted by Gasteiger charge is -2.29. The predicted molar refractivity (Wildman–Crippen MR) is 77.9 cm³/mol. The van der Waals surface area contributed by atoms with E-state index >= 15 is 0 Å². The minimum atomic E-state index is -0.137. The van der Waals surface area contributed by atoms with Crippen molar-refractivity contribution in [1.82, 2.24) is 10.0 Å². The van der Waals surface area contributed by atoms with E-state index < -0.39 is 0 Å². The van der Waals surface area contributed by atoms with Crippen LogP contribution in [0.1, 0.15) is 42.5 Å². The molecule has 19 heavy (non-hydrogen) atoms. The van der Waals surface area contributed by atoms with Crippen molar-refractivity contribution < 1.29 is 4.79 Å². The first kappa shape index (κ1) is 12.7. The van der Waals surface area contributed by atoms with E-state index in [2.05, 4.69) is 15.0 Å². The van der Waals surface area contributed by atoms with E-state index in [-0.39, 0.29) is 11.6 Å². The quantitative estimate of drug-likeness (QED) is 0.775. The highest BCUT2D eigenvalue weighted by Gasteiger charge is 2.36. The van der Waals surface area contributed by atoms with Crippen LogP contribution in [0.2, 0.25) is 0 Å². The van der Waals surface area contributed by atoms with Crippen molar-refractivity contribution in [2.45, 2.75) is 37.8 Å². The van der Waals surface area contributed by atoms with Gasteiger partial charge in [0.05, 0.1) is 0 Å². The Bertz CT molecular complexity index is 495. The van der Waals surface area contributed by atoms with Gasteiger partial charge in [-0.3, -0.25) is 4.79 Å². The van der Waals surface area contributed by atoms with Crippen LogP contribution in [-0.2, 0) is 0 Å². The van der Waals surface area contributed by atoms with E-state index in [1.165, 1.54) is 31.2 Å². The number of carbonyl (C=O) groups is 1. The molecule has 2 N–H and O–H groups in total. The second-order valence-corrected chi connectivity index (χ2v) is 5.83. The Morgan fingerprint density at radius 1 is 1.21 bits per heavy atom. The van der Waals surface area contributed by atoms with Crippen molar-refractivity contribution in [3.05, 3.63) is 35.9 Å². The highest BCUT2D eigenvalue weighted by molar-refractivity contribution is 8.12. The average Bonchev–Trinajstić information content (AvgIpc) is 2.83. The van der Waals surface area contributed by atoms with E-state index in [9.17, 15) is 4.79 Å². The van der Waals surface area contributed by atoms with Crippen LogP contribution in [0.3, 0.4) is 0 Å². The van der Waals surface area contributed by atoms with Crippen LogP contribution >= 0.6 is 11.9 Å². The lowest BCUT2D eigenvalue weighted by Crippen LogP contribution is -2.37. The van der Waals surface area contributed by atoms with Gasteiger partial charge in [-0.15, -0.1) is 0 Å². The predicted octanol–water partition coefficient (Wildman–Crippen LogP) is 2.68. The molecule has 1 amide bonds. The highest BCUT2D eigenvalue weighted by Crippen LogP contribution is 2.35. The van der Waals surface area contributed by atoms with Crippen molar-refractivity contribution in [2.24, 2.45) is 4.99 Å². The molecule has 1 aromatic rings. The number of hydrogen-bond acceptors (Lipinski definition) is 4. The number of nitrogens with zero attached hydrogens (tertiary/aromatic N) is 1. The first-order valence-electron chi connectivity index (χ1n) is 6.68. The van der Waals surface area contributed by atoms with E-state index in [1.807, 2.05) is 18.2 Å². The molecule has 1 heterocycles. The Hall–Kier alpha value is -1.33. The Kier molecular flexibility index (Phi) is 3.57. The molecule has 1 fully saturated rings. The maximum Gasteiger partial charge on any atom is 0.257 e. The third kappa shape index (κ3) is 2.82. The Balaban J connectivity index is 1.68. The fourth-order valence-corrected chi connectivity index (χ4v) is 3.45. The summed E-state index contributed by atoms with van der Waals surface area (Å²) < 4.78 is 3.38. The van der Waals surface area contributed by atoms with Crippen LogP contribution in [0.25, 0.3) is 0 Å². The van der Waals surface area contributed by atoms with Crippen LogP contribution in [0.15, 0.2) is 35.3 Å². The van der Waals surface area contributed by atoms with Crippen molar-refractivity contribution in [3.63, 3.8) is 0 Å². The molecule has 1 spiro atoms.